The van der Waals surface area contributed by atoms with E-state index in [1.165, 1.54) is 45.3 Å². The second-order valence-electron chi connectivity index (χ2n) is 5.83. The molecule has 1 unspecified atom stereocenters. The third kappa shape index (κ3) is 3.43. The van der Waals surface area contributed by atoms with Gasteiger partial charge in [0.05, 0.1) is 6.10 Å². The van der Waals surface area contributed by atoms with Crippen molar-refractivity contribution in [1.82, 2.24) is 9.80 Å². The minimum Gasteiger partial charge on any atom is -0.393 e. The van der Waals surface area contributed by atoms with Crippen LogP contribution < -0.4 is 0 Å². The molecule has 0 amide bonds. The molecule has 2 fully saturated rings. The first-order valence-electron chi connectivity index (χ1n) is 7.33. The van der Waals surface area contributed by atoms with E-state index in [0.29, 0.717) is 6.04 Å². The quantitative estimate of drug-likeness (QED) is 0.810. The van der Waals surface area contributed by atoms with Crippen LogP contribution in [0.15, 0.2) is 0 Å². The van der Waals surface area contributed by atoms with Gasteiger partial charge in [-0.2, -0.15) is 0 Å². The van der Waals surface area contributed by atoms with Crippen LogP contribution in [0.4, 0.5) is 0 Å². The third-order valence-electron chi connectivity index (χ3n) is 4.69. The lowest BCUT2D eigenvalue weighted by atomic mass is 9.92. The van der Waals surface area contributed by atoms with E-state index in [1.54, 1.807) is 0 Å². The number of likely N-dealkylation sites (tertiary alicyclic amines) is 1. The lowest BCUT2D eigenvalue weighted by Crippen LogP contribution is -2.44. The molecule has 100 valence electrons. The minimum atomic E-state index is -0.0294. The van der Waals surface area contributed by atoms with Gasteiger partial charge in [0.2, 0.25) is 0 Å². The van der Waals surface area contributed by atoms with E-state index in [0.717, 1.165) is 18.9 Å². The SMILES string of the molecule is CCN1CCCC1CN(C)C1CCC(O)CC1. The van der Waals surface area contributed by atoms with Crippen molar-refractivity contribution < 1.29 is 5.11 Å². The fourth-order valence-corrected chi connectivity index (χ4v) is 3.50. The van der Waals surface area contributed by atoms with Crippen LogP contribution in [0.2, 0.25) is 0 Å². The molecule has 1 aliphatic carbocycles. The number of hydrogen-bond acceptors (Lipinski definition) is 3. The van der Waals surface area contributed by atoms with Crippen molar-refractivity contribution in [3.8, 4) is 0 Å². The van der Waals surface area contributed by atoms with Gasteiger partial charge in [-0.3, -0.25) is 4.90 Å². The Labute approximate surface area is 106 Å². The first-order chi connectivity index (χ1) is 8.20. The second kappa shape index (κ2) is 6.17. The molecule has 0 aromatic heterocycles. The van der Waals surface area contributed by atoms with Crippen molar-refractivity contribution in [3.63, 3.8) is 0 Å². The van der Waals surface area contributed by atoms with Crippen molar-refractivity contribution in [3.05, 3.63) is 0 Å². The fraction of sp³-hybridized carbons (Fsp3) is 1.00. The van der Waals surface area contributed by atoms with Crippen molar-refractivity contribution in [2.45, 2.75) is 63.6 Å². The largest absolute Gasteiger partial charge is 0.393 e. The molecule has 1 aliphatic heterocycles. The molecule has 0 radical (unpaired) electrons. The molecule has 0 aromatic rings. The Morgan fingerprint density at radius 1 is 1.18 bits per heavy atom. The Kier molecular flexibility index (Phi) is 4.83. The Bertz CT molecular complexity index is 226. The lowest BCUT2D eigenvalue weighted by Gasteiger charge is -2.36. The molecule has 0 aromatic carbocycles. The van der Waals surface area contributed by atoms with E-state index in [9.17, 15) is 5.11 Å². The lowest BCUT2D eigenvalue weighted by molar-refractivity contribution is 0.0737. The number of likely N-dealkylation sites (N-methyl/N-ethyl adjacent to an activating group) is 2. The van der Waals surface area contributed by atoms with Gasteiger partial charge in [-0.05, 0) is 58.7 Å². The van der Waals surface area contributed by atoms with E-state index in [4.69, 9.17) is 0 Å². The minimum absolute atomic E-state index is 0.0294. The molecule has 3 heteroatoms. The molecule has 2 aliphatic rings. The van der Waals surface area contributed by atoms with Crippen LogP contribution in [0, 0.1) is 0 Å². The van der Waals surface area contributed by atoms with Crippen LogP contribution in [-0.4, -0.2) is 59.8 Å². The second-order valence-corrected chi connectivity index (χ2v) is 5.83. The van der Waals surface area contributed by atoms with Crippen molar-refractivity contribution in [2.24, 2.45) is 0 Å². The monoisotopic (exact) mass is 240 g/mol. The fourth-order valence-electron chi connectivity index (χ4n) is 3.50. The molecule has 1 saturated heterocycles. The maximum absolute atomic E-state index is 9.55. The predicted molar refractivity (Wildman–Crippen MR) is 71.2 cm³/mol. The summed E-state index contributed by atoms with van der Waals surface area (Å²) in [4.78, 5) is 5.17. The Morgan fingerprint density at radius 3 is 2.53 bits per heavy atom. The van der Waals surface area contributed by atoms with Gasteiger partial charge in [0.1, 0.15) is 0 Å². The summed E-state index contributed by atoms with van der Waals surface area (Å²) < 4.78 is 0. The summed E-state index contributed by atoms with van der Waals surface area (Å²) in [6.45, 7) is 5.98. The van der Waals surface area contributed by atoms with Gasteiger partial charge in [0.25, 0.3) is 0 Å². The molecule has 2 rings (SSSR count). The average Bonchev–Trinajstić information content (AvgIpc) is 2.77. The Morgan fingerprint density at radius 2 is 1.88 bits per heavy atom. The molecule has 0 spiro atoms. The smallest absolute Gasteiger partial charge is 0.0541 e. The van der Waals surface area contributed by atoms with Crippen LogP contribution in [0.5, 0.6) is 0 Å². The van der Waals surface area contributed by atoms with E-state index in [-0.39, 0.29) is 6.10 Å². The zero-order valence-electron chi connectivity index (χ0n) is 11.4. The number of hydrogen-bond donors (Lipinski definition) is 1. The van der Waals surface area contributed by atoms with Crippen molar-refractivity contribution >= 4 is 0 Å². The van der Waals surface area contributed by atoms with Gasteiger partial charge in [0, 0.05) is 18.6 Å². The van der Waals surface area contributed by atoms with E-state index >= 15 is 0 Å². The van der Waals surface area contributed by atoms with Crippen LogP contribution in [0.3, 0.4) is 0 Å². The van der Waals surface area contributed by atoms with E-state index in [1.807, 2.05) is 0 Å². The molecule has 1 heterocycles. The molecule has 1 N–H and O–H groups in total. The summed E-state index contributed by atoms with van der Waals surface area (Å²) in [5.74, 6) is 0. The van der Waals surface area contributed by atoms with Crippen LogP contribution in [0.1, 0.15) is 45.4 Å². The molecule has 1 saturated carbocycles. The summed E-state index contributed by atoms with van der Waals surface area (Å²) in [5.41, 5.74) is 0. The topological polar surface area (TPSA) is 26.7 Å². The highest BCUT2D eigenvalue weighted by atomic mass is 16.3. The third-order valence-corrected chi connectivity index (χ3v) is 4.69. The van der Waals surface area contributed by atoms with Crippen molar-refractivity contribution in [1.29, 1.82) is 0 Å². The number of nitrogens with zero attached hydrogens (tertiary/aromatic N) is 2. The Balaban J connectivity index is 1.78. The number of aliphatic hydroxyl groups is 1. The highest BCUT2D eigenvalue weighted by molar-refractivity contribution is 4.84. The summed E-state index contributed by atoms with van der Waals surface area (Å²) >= 11 is 0. The molecular weight excluding hydrogens is 212 g/mol. The maximum Gasteiger partial charge on any atom is 0.0541 e. The molecule has 17 heavy (non-hydrogen) atoms. The summed E-state index contributed by atoms with van der Waals surface area (Å²) in [5, 5.41) is 9.55. The summed E-state index contributed by atoms with van der Waals surface area (Å²) in [7, 11) is 2.27. The Hall–Kier alpha value is -0.120. The molecular formula is C14H28N2O. The molecule has 1 atom stereocenters. The normalized spacial score (nSPS) is 35.6. The highest BCUT2D eigenvalue weighted by Gasteiger charge is 2.28. The zero-order valence-corrected chi connectivity index (χ0v) is 11.4. The van der Waals surface area contributed by atoms with Gasteiger partial charge in [0.15, 0.2) is 0 Å². The molecule has 0 bridgehead atoms. The zero-order chi connectivity index (χ0) is 12.3. The predicted octanol–water partition coefficient (Wildman–Crippen LogP) is 1.71. The van der Waals surface area contributed by atoms with Gasteiger partial charge in [-0.1, -0.05) is 6.92 Å². The van der Waals surface area contributed by atoms with Crippen LogP contribution >= 0.6 is 0 Å². The van der Waals surface area contributed by atoms with E-state index < -0.39 is 0 Å². The van der Waals surface area contributed by atoms with Gasteiger partial charge in [-0.15, -0.1) is 0 Å². The summed E-state index contributed by atoms with van der Waals surface area (Å²) in [6.07, 6.45) is 7.06. The number of aliphatic hydroxyl groups excluding tert-OH is 1. The summed E-state index contributed by atoms with van der Waals surface area (Å²) in [6, 6.07) is 1.48. The molecule has 3 nitrogen and oxygen atoms in total. The maximum atomic E-state index is 9.55. The first kappa shape index (κ1) is 13.3. The van der Waals surface area contributed by atoms with Crippen molar-refractivity contribution in [2.75, 3.05) is 26.7 Å². The highest BCUT2D eigenvalue weighted by Crippen LogP contribution is 2.24. The van der Waals surface area contributed by atoms with Crippen LogP contribution in [-0.2, 0) is 0 Å². The van der Waals surface area contributed by atoms with Gasteiger partial charge in [-0.25, -0.2) is 0 Å². The standard InChI is InChI=1S/C14H28N2O/c1-3-16-10-4-5-13(16)11-15(2)12-6-8-14(17)9-7-12/h12-14,17H,3-11H2,1-2H3. The van der Waals surface area contributed by atoms with Gasteiger partial charge < -0.3 is 10.0 Å². The average molecular weight is 240 g/mol. The number of rotatable bonds is 4. The van der Waals surface area contributed by atoms with Crippen LogP contribution in [0.25, 0.3) is 0 Å². The van der Waals surface area contributed by atoms with E-state index in [2.05, 4.69) is 23.8 Å². The first-order valence-corrected chi connectivity index (χ1v) is 7.33. The van der Waals surface area contributed by atoms with Gasteiger partial charge >= 0.3 is 0 Å².